The molecule has 0 aliphatic heterocycles. The first-order valence-electron chi connectivity index (χ1n) is 5.74. The fraction of sp³-hybridized carbons (Fsp3) is 0.538. The van der Waals surface area contributed by atoms with Crippen LogP contribution in [-0.2, 0) is 0 Å². The summed E-state index contributed by atoms with van der Waals surface area (Å²) in [7, 11) is 0. The van der Waals surface area contributed by atoms with Gasteiger partial charge < -0.3 is 5.73 Å². The van der Waals surface area contributed by atoms with E-state index in [4.69, 9.17) is 5.73 Å². The summed E-state index contributed by atoms with van der Waals surface area (Å²) < 4.78 is 0. The van der Waals surface area contributed by atoms with Gasteiger partial charge in [0.05, 0.1) is 0 Å². The molecule has 0 bridgehead atoms. The number of rotatable bonds is 3. The van der Waals surface area contributed by atoms with Crippen molar-refractivity contribution < 1.29 is 0 Å². The minimum atomic E-state index is 0.903. The van der Waals surface area contributed by atoms with Crippen molar-refractivity contribution in [3.05, 3.63) is 23.8 Å². The molecule has 0 heterocycles. The fourth-order valence-corrected chi connectivity index (χ4v) is 3.31. The molecule has 82 valence electrons. The van der Waals surface area contributed by atoms with Crippen LogP contribution in [0.15, 0.2) is 23.1 Å². The Hall–Kier alpha value is -0.630. The van der Waals surface area contributed by atoms with E-state index in [0.29, 0.717) is 0 Å². The molecule has 1 aliphatic carbocycles. The van der Waals surface area contributed by atoms with Crippen molar-refractivity contribution in [3.8, 4) is 0 Å². The van der Waals surface area contributed by atoms with E-state index in [1.54, 1.807) is 0 Å². The predicted molar refractivity (Wildman–Crippen MR) is 68.3 cm³/mol. The molecule has 0 amide bonds. The lowest BCUT2D eigenvalue weighted by Crippen LogP contribution is -1.96. The normalized spacial score (nSPS) is 17.1. The minimum Gasteiger partial charge on any atom is -0.399 e. The molecule has 1 fully saturated rings. The first-order valence-corrected chi connectivity index (χ1v) is 6.73. The minimum absolute atomic E-state index is 0.903. The maximum Gasteiger partial charge on any atom is 0.0344 e. The Morgan fingerprint density at radius 2 is 2.07 bits per heavy atom. The summed E-state index contributed by atoms with van der Waals surface area (Å²) >= 11 is 1.98. The topological polar surface area (TPSA) is 26.0 Å². The first-order chi connectivity index (χ1) is 7.25. The zero-order valence-electron chi connectivity index (χ0n) is 9.33. The predicted octanol–water partition coefficient (Wildman–Crippen LogP) is 3.86. The highest BCUT2D eigenvalue weighted by molar-refractivity contribution is 7.99. The van der Waals surface area contributed by atoms with Crippen LogP contribution in [0.4, 0.5) is 5.69 Å². The van der Waals surface area contributed by atoms with Crippen LogP contribution in [0, 0.1) is 12.8 Å². The van der Waals surface area contributed by atoms with Gasteiger partial charge in [-0.1, -0.05) is 12.8 Å². The molecule has 0 atom stereocenters. The summed E-state index contributed by atoms with van der Waals surface area (Å²) in [5, 5.41) is 0. The van der Waals surface area contributed by atoms with Gasteiger partial charge >= 0.3 is 0 Å². The quantitative estimate of drug-likeness (QED) is 0.619. The summed E-state index contributed by atoms with van der Waals surface area (Å²) in [5.41, 5.74) is 7.90. The van der Waals surface area contributed by atoms with Crippen LogP contribution in [0.1, 0.15) is 31.2 Å². The number of nitrogens with two attached hydrogens (primary N) is 1. The molecule has 2 N–H and O–H groups in total. The highest BCUT2D eigenvalue weighted by atomic mass is 32.2. The van der Waals surface area contributed by atoms with Gasteiger partial charge in [0.2, 0.25) is 0 Å². The number of hydrogen-bond acceptors (Lipinski definition) is 2. The molecular weight excluding hydrogens is 202 g/mol. The Morgan fingerprint density at radius 3 is 2.73 bits per heavy atom. The second kappa shape index (κ2) is 4.93. The van der Waals surface area contributed by atoms with Gasteiger partial charge in [-0.05, 0) is 49.4 Å². The third kappa shape index (κ3) is 2.91. The maximum atomic E-state index is 5.80. The number of benzene rings is 1. The number of thioether (sulfide) groups is 1. The van der Waals surface area contributed by atoms with Crippen molar-refractivity contribution in [2.75, 3.05) is 11.5 Å². The largest absolute Gasteiger partial charge is 0.399 e. The van der Waals surface area contributed by atoms with Crippen LogP contribution in [0.25, 0.3) is 0 Å². The van der Waals surface area contributed by atoms with Crippen molar-refractivity contribution in [2.24, 2.45) is 5.92 Å². The van der Waals surface area contributed by atoms with Gasteiger partial charge in [0, 0.05) is 16.3 Å². The highest BCUT2D eigenvalue weighted by Crippen LogP contribution is 2.31. The number of aryl methyl sites for hydroxylation is 1. The Kier molecular flexibility index (Phi) is 3.57. The number of anilines is 1. The van der Waals surface area contributed by atoms with Crippen molar-refractivity contribution in [1.29, 1.82) is 0 Å². The van der Waals surface area contributed by atoms with Crippen LogP contribution in [0.2, 0.25) is 0 Å². The van der Waals surface area contributed by atoms with Gasteiger partial charge in [-0.2, -0.15) is 0 Å². The van der Waals surface area contributed by atoms with E-state index in [1.807, 2.05) is 17.8 Å². The van der Waals surface area contributed by atoms with E-state index < -0.39 is 0 Å². The van der Waals surface area contributed by atoms with Crippen LogP contribution in [0.5, 0.6) is 0 Å². The van der Waals surface area contributed by atoms with Crippen LogP contribution < -0.4 is 5.73 Å². The van der Waals surface area contributed by atoms with Gasteiger partial charge in [0.25, 0.3) is 0 Å². The SMILES string of the molecule is Cc1cc(SCC2CCCC2)ccc1N. The summed E-state index contributed by atoms with van der Waals surface area (Å²) in [6.45, 7) is 2.08. The molecule has 15 heavy (non-hydrogen) atoms. The Morgan fingerprint density at radius 1 is 1.33 bits per heavy atom. The summed E-state index contributed by atoms with van der Waals surface area (Å²) in [6.07, 6.45) is 5.74. The summed E-state index contributed by atoms with van der Waals surface area (Å²) in [4.78, 5) is 1.37. The van der Waals surface area contributed by atoms with Crippen LogP contribution in [-0.4, -0.2) is 5.75 Å². The second-order valence-corrected chi connectivity index (χ2v) is 5.57. The monoisotopic (exact) mass is 221 g/mol. The smallest absolute Gasteiger partial charge is 0.0344 e. The zero-order valence-corrected chi connectivity index (χ0v) is 10.1. The maximum absolute atomic E-state index is 5.80. The number of nitrogen functional groups attached to an aromatic ring is 1. The highest BCUT2D eigenvalue weighted by Gasteiger charge is 2.14. The Labute approximate surface area is 96.4 Å². The van der Waals surface area contributed by atoms with Crippen molar-refractivity contribution in [1.82, 2.24) is 0 Å². The third-order valence-electron chi connectivity index (χ3n) is 3.20. The summed E-state index contributed by atoms with van der Waals surface area (Å²) in [5.74, 6) is 2.23. The van der Waals surface area contributed by atoms with Gasteiger partial charge in [-0.15, -0.1) is 11.8 Å². The van der Waals surface area contributed by atoms with Gasteiger partial charge in [-0.3, -0.25) is 0 Å². The second-order valence-electron chi connectivity index (χ2n) is 4.48. The van der Waals surface area contributed by atoms with E-state index in [0.717, 1.165) is 11.6 Å². The van der Waals surface area contributed by atoms with Gasteiger partial charge in [-0.25, -0.2) is 0 Å². The van der Waals surface area contributed by atoms with Crippen molar-refractivity contribution in [2.45, 2.75) is 37.5 Å². The summed E-state index contributed by atoms with van der Waals surface area (Å²) in [6, 6.07) is 6.36. The van der Waals surface area contributed by atoms with E-state index in [2.05, 4.69) is 19.1 Å². The molecule has 1 aromatic carbocycles. The average Bonchev–Trinajstić information content (AvgIpc) is 2.73. The van der Waals surface area contributed by atoms with E-state index in [1.165, 1.54) is 41.9 Å². The molecule has 2 rings (SSSR count). The molecule has 1 aliphatic rings. The van der Waals surface area contributed by atoms with Gasteiger partial charge in [0.1, 0.15) is 0 Å². The Bertz CT molecular complexity index is 329. The molecule has 0 saturated heterocycles. The first kappa shape index (κ1) is 10.9. The molecule has 0 aromatic heterocycles. The molecule has 0 spiro atoms. The standard InChI is InChI=1S/C13H19NS/c1-10-8-12(6-7-13(10)14)15-9-11-4-2-3-5-11/h6-8,11H,2-5,9,14H2,1H3. The van der Waals surface area contributed by atoms with Gasteiger partial charge in [0.15, 0.2) is 0 Å². The molecule has 0 radical (unpaired) electrons. The molecule has 1 aromatic rings. The number of hydrogen-bond donors (Lipinski definition) is 1. The van der Waals surface area contributed by atoms with Crippen molar-refractivity contribution >= 4 is 17.4 Å². The lowest BCUT2D eigenvalue weighted by atomic mass is 10.1. The zero-order chi connectivity index (χ0) is 10.7. The third-order valence-corrected chi connectivity index (χ3v) is 4.43. The molecular formula is C13H19NS. The fourth-order valence-electron chi connectivity index (χ4n) is 2.13. The molecule has 2 heteroatoms. The Balaban J connectivity index is 1.90. The molecule has 0 unspecified atom stereocenters. The molecule has 1 saturated carbocycles. The average molecular weight is 221 g/mol. The van der Waals surface area contributed by atoms with E-state index in [9.17, 15) is 0 Å². The lowest BCUT2D eigenvalue weighted by molar-refractivity contribution is 0.623. The van der Waals surface area contributed by atoms with Crippen LogP contribution in [0.3, 0.4) is 0 Å². The van der Waals surface area contributed by atoms with Crippen molar-refractivity contribution in [3.63, 3.8) is 0 Å². The van der Waals surface area contributed by atoms with E-state index >= 15 is 0 Å². The lowest BCUT2D eigenvalue weighted by Gasteiger charge is -2.09. The van der Waals surface area contributed by atoms with Crippen LogP contribution >= 0.6 is 11.8 Å². The molecule has 1 nitrogen and oxygen atoms in total. The van der Waals surface area contributed by atoms with E-state index in [-0.39, 0.29) is 0 Å².